The van der Waals surface area contributed by atoms with Gasteiger partial charge in [0.25, 0.3) is 0 Å². The van der Waals surface area contributed by atoms with Crippen molar-refractivity contribution in [2.75, 3.05) is 19.6 Å². The molecule has 1 aliphatic heterocycles. The average Bonchev–Trinajstić information content (AvgIpc) is 2.30. The highest BCUT2D eigenvalue weighted by Crippen LogP contribution is 2.32. The molecule has 0 amide bonds. The minimum Gasteiger partial charge on any atom is -0.303 e. The minimum atomic E-state index is 0.772. The molecule has 0 radical (unpaired) electrons. The molecule has 1 aliphatic rings. The second kappa shape index (κ2) is 4.80. The van der Waals surface area contributed by atoms with Crippen molar-refractivity contribution >= 4 is 0 Å². The smallest absolute Gasteiger partial charge is 0.00128 e. The molecule has 0 saturated carbocycles. The Morgan fingerprint density at radius 1 is 1.27 bits per heavy atom. The molecule has 1 heterocycles. The molecule has 1 heteroatoms. The SMILES string of the molecule is CCN1CC[C@@H](c2ccccc2)[C@@H](C)C1. The van der Waals surface area contributed by atoms with Crippen LogP contribution in [0.5, 0.6) is 0 Å². The molecule has 0 spiro atoms. The van der Waals surface area contributed by atoms with Crippen molar-refractivity contribution in [3.8, 4) is 0 Å². The Bertz CT molecular complexity index is 293. The molecule has 0 N–H and O–H groups in total. The Morgan fingerprint density at radius 2 is 2.00 bits per heavy atom. The van der Waals surface area contributed by atoms with Crippen LogP contribution in [0, 0.1) is 5.92 Å². The lowest BCUT2D eigenvalue weighted by Crippen LogP contribution is -2.38. The molecule has 0 aliphatic carbocycles. The molecule has 1 aromatic carbocycles. The fraction of sp³-hybridized carbons (Fsp3) is 0.571. The van der Waals surface area contributed by atoms with Gasteiger partial charge >= 0.3 is 0 Å². The van der Waals surface area contributed by atoms with Crippen molar-refractivity contribution in [3.05, 3.63) is 35.9 Å². The highest BCUT2D eigenvalue weighted by atomic mass is 15.1. The maximum absolute atomic E-state index is 2.56. The van der Waals surface area contributed by atoms with E-state index in [4.69, 9.17) is 0 Å². The third-order valence-electron chi connectivity index (χ3n) is 3.66. The van der Waals surface area contributed by atoms with Crippen LogP contribution in [0.2, 0.25) is 0 Å². The molecule has 0 unspecified atom stereocenters. The van der Waals surface area contributed by atoms with E-state index in [1.54, 1.807) is 0 Å². The van der Waals surface area contributed by atoms with Crippen LogP contribution in [0.4, 0.5) is 0 Å². The topological polar surface area (TPSA) is 3.24 Å². The van der Waals surface area contributed by atoms with Crippen molar-refractivity contribution in [1.29, 1.82) is 0 Å². The molecule has 1 nitrogen and oxygen atoms in total. The molecule has 82 valence electrons. The van der Waals surface area contributed by atoms with E-state index in [1.807, 2.05) is 0 Å². The van der Waals surface area contributed by atoms with Crippen LogP contribution in [0.3, 0.4) is 0 Å². The average molecular weight is 203 g/mol. The molecule has 1 fully saturated rings. The number of hydrogen-bond donors (Lipinski definition) is 0. The van der Waals surface area contributed by atoms with Crippen LogP contribution in [0.1, 0.15) is 31.7 Å². The van der Waals surface area contributed by atoms with Gasteiger partial charge < -0.3 is 4.90 Å². The minimum absolute atomic E-state index is 0.772. The fourth-order valence-electron chi connectivity index (χ4n) is 2.71. The van der Waals surface area contributed by atoms with Gasteiger partial charge in [-0.1, -0.05) is 44.2 Å². The first-order chi connectivity index (χ1) is 7.31. The maximum atomic E-state index is 2.56. The van der Waals surface area contributed by atoms with Gasteiger partial charge in [0.2, 0.25) is 0 Å². The molecule has 1 aromatic rings. The van der Waals surface area contributed by atoms with Crippen molar-refractivity contribution in [2.45, 2.75) is 26.2 Å². The van der Waals surface area contributed by atoms with E-state index in [2.05, 4.69) is 49.1 Å². The van der Waals surface area contributed by atoms with E-state index in [9.17, 15) is 0 Å². The lowest BCUT2D eigenvalue weighted by atomic mass is 9.82. The highest BCUT2D eigenvalue weighted by molar-refractivity contribution is 5.20. The Labute approximate surface area is 93.1 Å². The standard InChI is InChI=1S/C14H21N/c1-3-15-10-9-14(12(2)11-15)13-7-5-4-6-8-13/h4-8,12,14H,3,9-11H2,1-2H3/t12-,14+/m0/s1. The summed E-state index contributed by atoms with van der Waals surface area (Å²) in [6, 6.07) is 11.0. The number of hydrogen-bond acceptors (Lipinski definition) is 1. The van der Waals surface area contributed by atoms with Crippen molar-refractivity contribution in [3.63, 3.8) is 0 Å². The maximum Gasteiger partial charge on any atom is 0.00128 e. The van der Waals surface area contributed by atoms with Gasteiger partial charge in [-0.3, -0.25) is 0 Å². The number of likely N-dealkylation sites (tertiary alicyclic amines) is 1. The van der Waals surface area contributed by atoms with Crippen LogP contribution in [-0.4, -0.2) is 24.5 Å². The lowest BCUT2D eigenvalue weighted by Gasteiger charge is -2.36. The summed E-state index contributed by atoms with van der Waals surface area (Å²) in [4.78, 5) is 2.56. The Kier molecular flexibility index (Phi) is 3.42. The Balaban J connectivity index is 2.06. The largest absolute Gasteiger partial charge is 0.303 e. The Morgan fingerprint density at radius 3 is 2.60 bits per heavy atom. The number of nitrogens with zero attached hydrogens (tertiary/aromatic N) is 1. The first kappa shape index (κ1) is 10.7. The van der Waals surface area contributed by atoms with Gasteiger partial charge in [0.15, 0.2) is 0 Å². The first-order valence-electron chi connectivity index (χ1n) is 6.08. The Hall–Kier alpha value is -0.820. The summed E-state index contributed by atoms with van der Waals surface area (Å²) in [6.07, 6.45) is 1.32. The molecular formula is C14H21N. The van der Waals surface area contributed by atoms with Crippen LogP contribution in [0.15, 0.2) is 30.3 Å². The number of rotatable bonds is 2. The van der Waals surface area contributed by atoms with Crippen molar-refractivity contribution in [2.24, 2.45) is 5.92 Å². The van der Waals surface area contributed by atoms with Crippen molar-refractivity contribution in [1.82, 2.24) is 4.90 Å². The second-order valence-electron chi connectivity index (χ2n) is 4.68. The van der Waals surface area contributed by atoms with Crippen LogP contribution >= 0.6 is 0 Å². The van der Waals surface area contributed by atoms with Gasteiger partial charge in [-0.2, -0.15) is 0 Å². The zero-order valence-corrected chi connectivity index (χ0v) is 9.82. The zero-order valence-electron chi connectivity index (χ0n) is 9.82. The normalized spacial score (nSPS) is 27.9. The highest BCUT2D eigenvalue weighted by Gasteiger charge is 2.25. The fourth-order valence-corrected chi connectivity index (χ4v) is 2.71. The molecule has 15 heavy (non-hydrogen) atoms. The first-order valence-corrected chi connectivity index (χ1v) is 6.08. The predicted octanol–water partition coefficient (Wildman–Crippen LogP) is 3.13. The van der Waals surface area contributed by atoms with Crippen LogP contribution < -0.4 is 0 Å². The van der Waals surface area contributed by atoms with E-state index in [1.165, 1.54) is 31.6 Å². The van der Waals surface area contributed by atoms with Gasteiger partial charge in [-0.25, -0.2) is 0 Å². The van der Waals surface area contributed by atoms with Gasteiger partial charge in [-0.05, 0) is 36.9 Å². The van der Waals surface area contributed by atoms with Gasteiger partial charge in [0.1, 0.15) is 0 Å². The van der Waals surface area contributed by atoms with Gasteiger partial charge in [0.05, 0.1) is 0 Å². The third-order valence-corrected chi connectivity index (χ3v) is 3.66. The van der Waals surface area contributed by atoms with Crippen LogP contribution in [0.25, 0.3) is 0 Å². The summed E-state index contributed by atoms with van der Waals surface area (Å²) in [7, 11) is 0. The van der Waals surface area contributed by atoms with Crippen LogP contribution in [-0.2, 0) is 0 Å². The molecule has 0 aromatic heterocycles. The lowest BCUT2D eigenvalue weighted by molar-refractivity contribution is 0.170. The van der Waals surface area contributed by atoms with E-state index < -0.39 is 0 Å². The summed E-state index contributed by atoms with van der Waals surface area (Å²) in [6.45, 7) is 8.37. The van der Waals surface area contributed by atoms with Gasteiger partial charge in [0, 0.05) is 6.54 Å². The van der Waals surface area contributed by atoms with E-state index in [-0.39, 0.29) is 0 Å². The summed E-state index contributed by atoms with van der Waals surface area (Å²) >= 11 is 0. The summed E-state index contributed by atoms with van der Waals surface area (Å²) < 4.78 is 0. The van der Waals surface area contributed by atoms with E-state index >= 15 is 0 Å². The molecule has 2 rings (SSSR count). The zero-order chi connectivity index (χ0) is 10.7. The summed E-state index contributed by atoms with van der Waals surface area (Å²) in [5.74, 6) is 1.56. The number of benzene rings is 1. The van der Waals surface area contributed by atoms with E-state index in [0.717, 1.165) is 11.8 Å². The summed E-state index contributed by atoms with van der Waals surface area (Å²) in [5.41, 5.74) is 1.53. The molecule has 1 saturated heterocycles. The third kappa shape index (κ3) is 2.40. The second-order valence-corrected chi connectivity index (χ2v) is 4.68. The summed E-state index contributed by atoms with van der Waals surface area (Å²) in [5, 5.41) is 0. The monoisotopic (exact) mass is 203 g/mol. The molecule has 0 bridgehead atoms. The molecule has 2 atom stereocenters. The molecular weight excluding hydrogens is 182 g/mol. The van der Waals surface area contributed by atoms with Crippen molar-refractivity contribution < 1.29 is 0 Å². The van der Waals surface area contributed by atoms with Gasteiger partial charge in [-0.15, -0.1) is 0 Å². The number of piperidine rings is 1. The van der Waals surface area contributed by atoms with E-state index in [0.29, 0.717) is 0 Å². The quantitative estimate of drug-likeness (QED) is 0.714. The predicted molar refractivity (Wildman–Crippen MR) is 65.1 cm³/mol.